The molecule has 0 fully saturated rings. The molecule has 0 aromatic heterocycles. The molecule has 0 atom stereocenters. The lowest BCUT2D eigenvalue weighted by molar-refractivity contribution is -0.119. The number of halogens is 1. The van der Waals surface area contributed by atoms with Gasteiger partial charge in [0.15, 0.2) is 0 Å². The van der Waals surface area contributed by atoms with E-state index in [9.17, 15) is 4.79 Å². The van der Waals surface area contributed by atoms with Gasteiger partial charge in [-0.05, 0) is 49.2 Å². The second-order valence-electron chi connectivity index (χ2n) is 5.12. The molecule has 0 heterocycles. The number of carbonyl (C=O) groups excluding carboxylic acids is 1. The third-order valence-corrected chi connectivity index (χ3v) is 3.79. The maximum Gasteiger partial charge on any atom is 0.259 e. The second-order valence-corrected chi connectivity index (χ2v) is 5.53. The molecule has 0 saturated heterocycles. The van der Waals surface area contributed by atoms with Gasteiger partial charge in [-0.25, -0.2) is 5.43 Å². The van der Waals surface area contributed by atoms with Gasteiger partial charge in [0.2, 0.25) is 0 Å². The lowest BCUT2D eigenvalue weighted by atomic mass is 10.1. The van der Waals surface area contributed by atoms with Gasteiger partial charge in [-0.3, -0.25) is 4.79 Å². The Balaban J connectivity index is 1.91. The Morgan fingerprint density at radius 2 is 1.91 bits per heavy atom. The van der Waals surface area contributed by atoms with Gasteiger partial charge in [-0.2, -0.15) is 5.10 Å². The molecule has 2 aromatic carbocycles. The van der Waals surface area contributed by atoms with Crippen LogP contribution in [0.5, 0.6) is 0 Å². The Morgan fingerprint density at radius 1 is 1.22 bits per heavy atom. The fraction of sp³-hybridized carbons (Fsp3) is 0.176. The quantitative estimate of drug-likeness (QED) is 0.447. The lowest BCUT2D eigenvalue weighted by Gasteiger charge is -2.10. The molecule has 5 nitrogen and oxygen atoms in total. The standard InChI is InChI=1S/C17H19ClN4O/c1-11-15(18)4-3-5-16(11)20-10-17(23)22-21-12(2)13-6-8-14(19)9-7-13/h3-9,20H,10,19H2,1-2H3,(H,22,23). The summed E-state index contributed by atoms with van der Waals surface area (Å²) in [6.45, 7) is 3.83. The molecule has 1 amide bonds. The molecule has 2 aromatic rings. The van der Waals surface area contributed by atoms with E-state index < -0.39 is 0 Å². The highest BCUT2D eigenvalue weighted by atomic mass is 35.5. The Labute approximate surface area is 140 Å². The smallest absolute Gasteiger partial charge is 0.259 e. The maximum absolute atomic E-state index is 11.9. The fourth-order valence-electron chi connectivity index (χ4n) is 1.95. The van der Waals surface area contributed by atoms with Crippen LogP contribution in [-0.4, -0.2) is 18.2 Å². The monoisotopic (exact) mass is 330 g/mol. The van der Waals surface area contributed by atoms with Crippen molar-refractivity contribution in [1.82, 2.24) is 5.43 Å². The number of amides is 1. The molecule has 0 spiro atoms. The van der Waals surface area contributed by atoms with Crippen LogP contribution >= 0.6 is 11.6 Å². The number of hydrogen-bond donors (Lipinski definition) is 3. The van der Waals surface area contributed by atoms with Crippen LogP contribution in [0.25, 0.3) is 0 Å². The Morgan fingerprint density at radius 3 is 2.61 bits per heavy atom. The van der Waals surface area contributed by atoms with Crippen molar-refractivity contribution in [3.8, 4) is 0 Å². The van der Waals surface area contributed by atoms with Crippen LogP contribution in [0.1, 0.15) is 18.1 Å². The van der Waals surface area contributed by atoms with E-state index in [4.69, 9.17) is 17.3 Å². The van der Waals surface area contributed by atoms with E-state index in [0.717, 1.165) is 16.8 Å². The minimum absolute atomic E-state index is 0.111. The highest BCUT2D eigenvalue weighted by Gasteiger charge is 2.05. The van der Waals surface area contributed by atoms with Gasteiger partial charge in [-0.15, -0.1) is 0 Å². The summed E-state index contributed by atoms with van der Waals surface area (Å²) in [4.78, 5) is 11.9. The normalized spacial score (nSPS) is 11.2. The molecule has 2 rings (SSSR count). The number of carbonyl (C=O) groups is 1. The van der Waals surface area contributed by atoms with Crippen molar-refractivity contribution in [3.05, 3.63) is 58.6 Å². The van der Waals surface area contributed by atoms with Crippen molar-refractivity contribution in [3.63, 3.8) is 0 Å². The first-order valence-electron chi connectivity index (χ1n) is 7.15. The Kier molecular flexibility index (Phi) is 5.60. The largest absolute Gasteiger partial charge is 0.399 e. The van der Waals surface area contributed by atoms with E-state index in [2.05, 4.69) is 15.8 Å². The summed E-state index contributed by atoms with van der Waals surface area (Å²) in [6.07, 6.45) is 0. The third kappa shape index (κ3) is 4.72. The zero-order valence-electron chi connectivity index (χ0n) is 13.1. The van der Waals surface area contributed by atoms with E-state index in [0.29, 0.717) is 16.4 Å². The predicted molar refractivity (Wildman–Crippen MR) is 95.9 cm³/mol. The highest BCUT2D eigenvalue weighted by Crippen LogP contribution is 2.22. The SMILES string of the molecule is CC(=NNC(=O)CNc1cccc(Cl)c1C)c1ccc(N)cc1. The Bertz CT molecular complexity index is 726. The summed E-state index contributed by atoms with van der Waals surface area (Å²) in [5.74, 6) is -0.237. The average molecular weight is 331 g/mol. The number of hydrogen-bond acceptors (Lipinski definition) is 4. The van der Waals surface area contributed by atoms with Gasteiger partial charge in [-0.1, -0.05) is 29.8 Å². The number of nitrogen functional groups attached to an aromatic ring is 1. The number of nitrogens with one attached hydrogen (secondary N) is 2. The van der Waals surface area contributed by atoms with E-state index in [1.807, 2.05) is 44.2 Å². The third-order valence-electron chi connectivity index (χ3n) is 3.38. The average Bonchev–Trinajstić information content (AvgIpc) is 2.54. The molecule has 4 N–H and O–H groups in total. The van der Waals surface area contributed by atoms with Crippen molar-refractivity contribution >= 4 is 34.6 Å². The summed E-state index contributed by atoms with van der Waals surface area (Å²) in [7, 11) is 0. The summed E-state index contributed by atoms with van der Waals surface area (Å²) in [5.41, 5.74) is 12.2. The zero-order chi connectivity index (χ0) is 16.8. The molecular formula is C17H19ClN4O. The fourth-order valence-corrected chi connectivity index (χ4v) is 2.12. The van der Waals surface area contributed by atoms with Crippen LogP contribution in [0.2, 0.25) is 5.02 Å². The van der Waals surface area contributed by atoms with Gasteiger partial charge in [0.05, 0.1) is 12.3 Å². The predicted octanol–water partition coefficient (Wildman–Crippen LogP) is 3.18. The minimum Gasteiger partial charge on any atom is -0.399 e. The number of hydrazone groups is 1. The maximum atomic E-state index is 11.9. The van der Waals surface area contributed by atoms with Crippen LogP contribution in [-0.2, 0) is 4.79 Å². The van der Waals surface area contributed by atoms with Crippen molar-refractivity contribution in [2.45, 2.75) is 13.8 Å². The number of nitrogens with zero attached hydrogens (tertiary/aromatic N) is 1. The Hall–Kier alpha value is -2.53. The molecule has 0 aliphatic heterocycles. The summed E-state index contributed by atoms with van der Waals surface area (Å²) >= 11 is 6.04. The first-order chi connectivity index (χ1) is 11.0. The van der Waals surface area contributed by atoms with E-state index in [-0.39, 0.29) is 12.5 Å². The van der Waals surface area contributed by atoms with Crippen molar-refractivity contribution in [2.75, 3.05) is 17.6 Å². The topological polar surface area (TPSA) is 79.5 Å². The molecule has 0 radical (unpaired) electrons. The molecular weight excluding hydrogens is 312 g/mol. The van der Waals surface area contributed by atoms with Gasteiger partial charge in [0.25, 0.3) is 5.91 Å². The van der Waals surface area contributed by atoms with Gasteiger partial charge < -0.3 is 11.1 Å². The minimum atomic E-state index is -0.237. The van der Waals surface area contributed by atoms with Gasteiger partial charge >= 0.3 is 0 Å². The molecule has 0 bridgehead atoms. The van der Waals surface area contributed by atoms with E-state index in [1.54, 1.807) is 12.1 Å². The van der Waals surface area contributed by atoms with Crippen molar-refractivity contribution in [2.24, 2.45) is 5.10 Å². The molecule has 0 unspecified atom stereocenters. The molecule has 120 valence electrons. The second kappa shape index (κ2) is 7.65. The van der Waals surface area contributed by atoms with Gasteiger partial charge in [0.1, 0.15) is 0 Å². The summed E-state index contributed by atoms with van der Waals surface area (Å²) in [5, 5.41) is 7.79. The molecule has 0 saturated carbocycles. The molecule has 23 heavy (non-hydrogen) atoms. The van der Waals surface area contributed by atoms with E-state index >= 15 is 0 Å². The number of anilines is 2. The van der Waals surface area contributed by atoms with Crippen molar-refractivity contribution in [1.29, 1.82) is 0 Å². The highest BCUT2D eigenvalue weighted by molar-refractivity contribution is 6.31. The number of nitrogens with two attached hydrogens (primary N) is 1. The van der Waals surface area contributed by atoms with Crippen LogP contribution in [0, 0.1) is 6.92 Å². The summed E-state index contributed by atoms with van der Waals surface area (Å²) < 4.78 is 0. The van der Waals surface area contributed by atoms with Crippen LogP contribution in [0.15, 0.2) is 47.6 Å². The van der Waals surface area contributed by atoms with Crippen LogP contribution in [0.3, 0.4) is 0 Å². The summed E-state index contributed by atoms with van der Waals surface area (Å²) in [6, 6.07) is 12.8. The molecule has 0 aliphatic rings. The first-order valence-corrected chi connectivity index (χ1v) is 7.53. The van der Waals surface area contributed by atoms with E-state index in [1.165, 1.54) is 0 Å². The first kappa shape index (κ1) is 16.8. The number of rotatable bonds is 5. The van der Waals surface area contributed by atoms with Crippen molar-refractivity contribution < 1.29 is 4.79 Å². The number of benzene rings is 2. The van der Waals surface area contributed by atoms with Crippen LogP contribution < -0.4 is 16.5 Å². The van der Waals surface area contributed by atoms with Gasteiger partial charge in [0, 0.05) is 16.4 Å². The molecule has 0 aliphatic carbocycles. The lowest BCUT2D eigenvalue weighted by Crippen LogP contribution is -2.27. The van der Waals surface area contributed by atoms with Crippen LogP contribution in [0.4, 0.5) is 11.4 Å². The zero-order valence-corrected chi connectivity index (χ0v) is 13.8. The molecule has 6 heteroatoms.